The standard InChI is InChI=1S/C14H30N2/c1-5-12(4)13(15)10-16-9-8-14(6-2,7-3)11-16/h12-13H,5-11,15H2,1-4H3. The monoisotopic (exact) mass is 226 g/mol. The summed E-state index contributed by atoms with van der Waals surface area (Å²) < 4.78 is 0. The molecule has 0 amide bonds. The van der Waals surface area contributed by atoms with Gasteiger partial charge in [-0.25, -0.2) is 0 Å². The summed E-state index contributed by atoms with van der Waals surface area (Å²) in [6, 6.07) is 0.356. The molecule has 0 spiro atoms. The molecule has 1 saturated heterocycles. The molecule has 1 rings (SSSR count). The van der Waals surface area contributed by atoms with E-state index in [-0.39, 0.29) is 0 Å². The minimum absolute atomic E-state index is 0.356. The predicted octanol–water partition coefficient (Wildman–Crippen LogP) is 2.87. The molecule has 2 heteroatoms. The molecule has 2 atom stereocenters. The molecule has 96 valence electrons. The van der Waals surface area contributed by atoms with E-state index in [1.807, 2.05) is 0 Å². The van der Waals surface area contributed by atoms with E-state index in [0.717, 1.165) is 6.54 Å². The molecule has 0 saturated carbocycles. The smallest absolute Gasteiger partial charge is 0.0193 e. The van der Waals surface area contributed by atoms with E-state index in [9.17, 15) is 0 Å². The summed E-state index contributed by atoms with van der Waals surface area (Å²) >= 11 is 0. The second-order valence-electron chi connectivity index (χ2n) is 5.74. The third kappa shape index (κ3) is 3.21. The Morgan fingerprint density at radius 2 is 1.88 bits per heavy atom. The van der Waals surface area contributed by atoms with Crippen LogP contribution < -0.4 is 5.73 Å². The van der Waals surface area contributed by atoms with Crippen molar-refractivity contribution in [2.75, 3.05) is 19.6 Å². The highest BCUT2D eigenvalue weighted by atomic mass is 15.2. The third-order valence-electron chi connectivity index (χ3n) is 4.86. The first-order valence-electron chi connectivity index (χ1n) is 7.04. The molecule has 0 bridgehead atoms. The molecule has 2 nitrogen and oxygen atoms in total. The first-order valence-corrected chi connectivity index (χ1v) is 7.04. The van der Waals surface area contributed by atoms with Crippen molar-refractivity contribution in [1.82, 2.24) is 4.90 Å². The molecule has 2 N–H and O–H groups in total. The quantitative estimate of drug-likeness (QED) is 0.754. The first kappa shape index (κ1) is 14.0. The van der Waals surface area contributed by atoms with Crippen LogP contribution in [0.2, 0.25) is 0 Å². The largest absolute Gasteiger partial charge is 0.326 e. The number of rotatable bonds is 6. The van der Waals surface area contributed by atoms with E-state index in [1.165, 1.54) is 38.8 Å². The van der Waals surface area contributed by atoms with Crippen molar-refractivity contribution in [2.24, 2.45) is 17.1 Å². The summed E-state index contributed by atoms with van der Waals surface area (Å²) in [6.45, 7) is 12.8. The molecule has 0 aromatic heterocycles. The average Bonchev–Trinajstić information content (AvgIpc) is 2.72. The fraction of sp³-hybridized carbons (Fsp3) is 1.00. The van der Waals surface area contributed by atoms with Crippen LogP contribution in [-0.4, -0.2) is 30.6 Å². The zero-order valence-electron chi connectivity index (χ0n) is 11.6. The van der Waals surface area contributed by atoms with Gasteiger partial charge in [0.25, 0.3) is 0 Å². The molecule has 0 aromatic carbocycles. The molecule has 0 radical (unpaired) electrons. The predicted molar refractivity (Wildman–Crippen MR) is 71.5 cm³/mol. The maximum absolute atomic E-state index is 6.24. The number of nitrogens with two attached hydrogens (primary N) is 1. The third-order valence-corrected chi connectivity index (χ3v) is 4.86. The van der Waals surface area contributed by atoms with Gasteiger partial charge in [0, 0.05) is 19.1 Å². The Bertz CT molecular complexity index is 199. The zero-order chi connectivity index (χ0) is 12.2. The normalized spacial score (nSPS) is 24.6. The first-order chi connectivity index (χ1) is 7.56. The number of hydrogen-bond acceptors (Lipinski definition) is 2. The van der Waals surface area contributed by atoms with Gasteiger partial charge in [0.1, 0.15) is 0 Å². The van der Waals surface area contributed by atoms with Gasteiger partial charge in [0.15, 0.2) is 0 Å². The van der Waals surface area contributed by atoms with Crippen LogP contribution in [0, 0.1) is 11.3 Å². The van der Waals surface area contributed by atoms with Gasteiger partial charge < -0.3 is 10.6 Å². The summed E-state index contributed by atoms with van der Waals surface area (Å²) in [5, 5.41) is 0. The number of nitrogens with zero attached hydrogens (tertiary/aromatic N) is 1. The average molecular weight is 226 g/mol. The van der Waals surface area contributed by atoms with Gasteiger partial charge in [-0.2, -0.15) is 0 Å². The summed E-state index contributed by atoms with van der Waals surface area (Å²) in [5.41, 5.74) is 6.83. The minimum atomic E-state index is 0.356. The lowest BCUT2D eigenvalue weighted by Gasteiger charge is -2.29. The lowest BCUT2D eigenvalue weighted by atomic mass is 9.82. The summed E-state index contributed by atoms with van der Waals surface area (Å²) in [5.74, 6) is 0.651. The molecule has 1 aliphatic rings. The Balaban J connectivity index is 2.42. The maximum Gasteiger partial charge on any atom is 0.0193 e. The second-order valence-corrected chi connectivity index (χ2v) is 5.74. The van der Waals surface area contributed by atoms with E-state index in [2.05, 4.69) is 32.6 Å². The van der Waals surface area contributed by atoms with Crippen molar-refractivity contribution >= 4 is 0 Å². The van der Waals surface area contributed by atoms with Crippen LogP contribution in [-0.2, 0) is 0 Å². The van der Waals surface area contributed by atoms with Crippen LogP contribution >= 0.6 is 0 Å². The molecule has 16 heavy (non-hydrogen) atoms. The highest BCUT2D eigenvalue weighted by Gasteiger charge is 2.35. The SMILES string of the molecule is CCC(C)C(N)CN1CCC(CC)(CC)C1. The summed E-state index contributed by atoms with van der Waals surface area (Å²) in [6.07, 6.45) is 5.20. The van der Waals surface area contributed by atoms with Crippen molar-refractivity contribution < 1.29 is 0 Å². The lowest BCUT2D eigenvalue weighted by Crippen LogP contribution is -2.41. The molecule has 1 heterocycles. The number of hydrogen-bond donors (Lipinski definition) is 1. The lowest BCUT2D eigenvalue weighted by molar-refractivity contribution is 0.219. The van der Waals surface area contributed by atoms with Gasteiger partial charge in [-0.3, -0.25) is 0 Å². The van der Waals surface area contributed by atoms with Gasteiger partial charge in [-0.05, 0) is 37.1 Å². The van der Waals surface area contributed by atoms with Crippen molar-refractivity contribution in [3.8, 4) is 0 Å². The van der Waals surface area contributed by atoms with Crippen LogP contribution in [0.4, 0.5) is 0 Å². The van der Waals surface area contributed by atoms with Crippen molar-refractivity contribution in [3.05, 3.63) is 0 Å². The highest BCUT2D eigenvalue weighted by molar-refractivity contribution is 4.89. The second kappa shape index (κ2) is 6.02. The van der Waals surface area contributed by atoms with Crippen molar-refractivity contribution in [3.63, 3.8) is 0 Å². The highest BCUT2D eigenvalue weighted by Crippen LogP contribution is 2.36. The van der Waals surface area contributed by atoms with Crippen molar-refractivity contribution in [2.45, 2.75) is 59.4 Å². The van der Waals surface area contributed by atoms with E-state index in [0.29, 0.717) is 17.4 Å². The van der Waals surface area contributed by atoms with Gasteiger partial charge in [-0.1, -0.05) is 34.1 Å². The molecule has 0 aliphatic carbocycles. The fourth-order valence-corrected chi connectivity index (χ4v) is 2.79. The molecule has 1 fully saturated rings. The number of likely N-dealkylation sites (tertiary alicyclic amines) is 1. The van der Waals surface area contributed by atoms with Gasteiger partial charge in [-0.15, -0.1) is 0 Å². The van der Waals surface area contributed by atoms with Gasteiger partial charge in [0.2, 0.25) is 0 Å². The molecular formula is C14H30N2. The van der Waals surface area contributed by atoms with E-state index in [4.69, 9.17) is 5.73 Å². The van der Waals surface area contributed by atoms with E-state index < -0.39 is 0 Å². The van der Waals surface area contributed by atoms with Crippen LogP contribution in [0.25, 0.3) is 0 Å². The molecule has 2 unspecified atom stereocenters. The molecule has 0 aromatic rings. The Kier molecular flexibility index (Phi) is 5.26. The van der Waals surface area contributed by atoms with Crippen LogP contribution in [0.5, 0.6) is 0 Å². The van der Waals surface area contributed by atoms with Crippen LogP contribution in [0.3, 0.4) is 0 Å². The van der Waals surface area contributed by atoms with E-state index >= 15 is 0 Å². The minimum Gasteiger partial charge on any atom is -0.326 e. The maximum atomic E-state index is 6.24. The van der Waals surface area contributed by atoms with Gasteiger partial charge >= 0.3 is 0 Å². The van der Waals surface area contributed by atoms with Gasteiger partial charge in [0.05, 0.1) is 0 Å². The Morgan fingerprint density at radius 1 is 1.25 bits per heavy atom. The Labute approximate surface area is 102 Å². The summed E-state index contributed by atoms with van der Waals surface area (Å²) in [4.78, 5) is 2.59. The Hall–Kier alpha value is -0.0800. The summed E-state index contributed by atoms with van der Waals surface area (Å²) in [7, 11) is 0. The van der Waals surface area contributed by atoms with Crippen LogP contribution in [0.1, 0.15) is 53.4 Å². The molecular weight excluding hydrogens is 196 g/mol. The van der Waals surface area contributed by atoms with E-state index in [1.54, 1.807) is 0 Å². The molecule has 1 aliphatic heterocycles. The zero-order valence-corrected chi connectivity index (χ0v) is 11.6. The topological polar surface area (TPSA) is 29.3 Å². The van der Waals surface area contributed by atoms with Crippen molar-refractivity contribution in [1.29, 1.82) is 0 Å². The van der Waals surface area contributed by atoms with Crippen LogP contribution in [0.15, 0.2) is 0 Å². The fourth-order valence-electron chi connectivity index (χ4n) is 2.79. The Morgan fingerprint density at radius 3 is 2.31 bits per heavy atom.